The lowest BCUT2D eigenvalue weighted by molar-refractivity contribution is 0.0443. The molecule has 0 heterocycles. The third-order valence-corrected chi connectivity index (χ3v) is 3.43. The van der Waals surface area contributed by atoms with Crippen LogP contribution in [0.5, 0.6) is 0 Å². The fourth-order valence-electron chi connectivity index (χ4n) is 2.41. The third kappa shape index (κ3) is 2.78. The second-order valence-electron chi connectivity index (χ2n) is 4.79. The smallest absolute Gasteiger partial charge is 0.340 e. The molecule has 0 spiro atoms. The minimum absolute atomic E-state index is 0.285. The van der Waals surface area contributed by atoms with Gasteiger partial charge < -0.3 is 10.5 Å². The van der Waals surface area contributed by atoms with Crippen molar-refractivity contribution < 1.29 is 9.53 Å². The van der Waals surface area contributed by atoms with Crippen molar-refractivity contribution in [2.75, 3.05) is 12.3 Å². The maximum atomic E-state index is 11.9. The first-order valence-corrected chi connectivity index (χ1v) is 6.20. The quantitative estimate of drug-likeness (QED) is 0.645. The minimum atomic E-state index is -0.285. The molecule has 17 heavy (non-hydrogen) atoms. The van der Waals surface area contributed by atoms with Gasteiger partial charge in [-0.1, -0.05) is 25.0 Å². The molecule has 3 heteroatoms. The van der Waals surface area contributed by atoms with Gasteiger partial charge >= 0.3 is 5.97 Å². The fourth-order valence-corrected chi connectivity index (χ4v) is 2.41. The molecule has 2 N–H and O–H groups in total. The Morgan fingerprint density at radius 1 is 1.41 bits per heavy atom. The number of benzene rings is 1. The van der Waals surface area contributed by atoms with E-state index in [9.17, 15) is 4.79 Å². The summed E-state index contributed by atoms with van der Waals surface area (Å²) in [5.74, 6) is 0.261. The van der Waals surface area contributed by atoms with Gasteiger partial charge in [0, 0.05) is 5.69 Å². The van der Waals surface area contributed by atoms with E-state index in [1.54, 1.807) is 6.07 Å². The summed E-state index contributed by atoms with van der Waals surface area (Å²) in [6.45, 7) is 2.41. The molecule has 0 bridgehead atoms. The second-order valence-corrected chi connectivity index (χ2v) is 4.79. The van der Waals surface area contributed by atoms with E-state index >= 15 is 0 Å². The van der Waals surface area contributed by atoms with Crippen molar-refractivity contribution in [2.24, 2.45) is 5.92 Å². The molecule has 1 aromatic rings. The van der Waals surface area contributed by atoms with Gasteiger partial charge in [-0.05, 0) is 37.3 Å². The van der Waals surface area contributed by atoms with Crippen LogP contribution in [0.4, 0.5) is 5.69 Å². The van der Waals surface area contributed by atoms with E-state index in [0.717, 1.165) is 5.56 Å². The number of hydrogen-bond donors (Lipinski definition) is 1. The Morgan fingerprint density at radius 3 is 2.76 bits per heavy atom. The lowest BCUT2D eigenvalue weighted by Crippen LogP contribution is -2.14. The van der Waals surface area contributed by atoms with Gasteiger partial charge in [-0.15, -0.1) is 0 Å². The van der Waals surface area contributed by atoms with Crippen LogP contribution in [0, 0.1) is 12.8 Å². The number of carbonyl (C=O) groups is 1. The predicted molar refractivity (Wildman–Crippen MR) is 67.8 cm³/mol. The van der Waals surface area contributed by atoms with Crippen LogP contribution >= 0.6 is 0 Å². The van der Waals surface area contributed by atoms with Crippen LogP contribution in [0.2, 0.25) is 0 Å². The van der Waals surface area contributed by atoms with Crippen LogP contribution in [0.1, 0.15) is 41.6 Å². The molecule has 1 saturated carbocycles. The summed E-state index contributed by atoms with van der Waals surface area (Å²) in [4.78, 5) is 11.9. The number of nitrogen functional groups attached to an aromatic ring is 1. The van der Waals surface area contributed by atoms with E-state index in [0.29, 0.717) is 23.8 Å². The average molecular weight is 233 g/mol. The van der Waals surface area contributed by atoms with Crippen molar-refractivity contribution in [2.45, 2.75) is 32.6 Å². The van der Waals surface area contributed by atoms with Crippen LogP contribution in [-0.2, 0) is 4.74 Å². The molecule has 1 aliphatic rings. The monoisotopic (exact) mass is 233 g/mol. The summed E-state index contributed by atoms with van der Waals surface area (Å²) in [7, 11) is 0. The van der Waals surface area contributed by atoms with Gasteiger partial charge in [0.05, 0.1) is 12.2 Å². The van der Waals surface area contributed by atoms with E-state index in [1.165, 1.54) is 25.7 Å². The number of aryl methyl sites for hydroxylation is 1. The maximum absolute atomic E-state index is 11.9. The Hall–Kier alpha value is -1.51. The number of esters is 1. The molecular weight excluding hydrogens is 214 g/mol. The highest BCUT2D eigenvalue weighted by Crippen LogP contribution is 2.25. The Morgan fingerprint density at radius 2 is 2.12 bits per heavy atom. The van der Waals surface area contributed by atoms with E-state index in [1.807, 2.05) is 19.1 Å². The van der Waals surface area contributed by atoms with E-state index in [-0.39, 0.29) is 5.97 Å². The topological polar surface area (TPSA) is 52.3 Å². The number of rotatable bonds is 3. The number of hydrogen-bond acceptors (Lipinski definition) is 3. The summed E-state index contributed by atoms with van der Waals surface area (Å²) in [5, 5.41) is 0. The number of nitrogens with two attached hydrogens (primary N) is 1. The van der Waals surface area contributed by atoms with E-state index in [2.05, 4.69) is 0 Å². The first-order chi connectivity index (χ1) is 8.18. The van der Waals surface area contributed by atoms with Crippen molar-refractivity contribution >= 4 is 11.7 Å². The maximum Gasteiger partial charge on any atom is 0.340 e. The molecule has 0 aromatic heterocycles. The van der Waals surface area contributed by atoms with Crippen LogP contribution in [-0.4, -0.2) is 12.6 Å². The predicted octanol–water partition coefficient (Wildman–Crippen LogP) is 2.92. The number of ether oxygens (including phenoxy) is 1. The Bertz CT molecular complexity index is 388. The molecule has 2 rings (SSSR count). The molecule has 92 valence electrons. The zero-order chi connectivity index (χ0) is 12.3. The molecule has 0 unspecified atom stereocenters. The number of carbonyl (C=O) groups excluding carboxylic acids is 1. The third-order valence-electron chi connectivity index (χ3n) is 3.43. The largest absolute Gasteiger partial charge is 0.462 e. The van der Waals surface area contributed by atoms with Gasteiger partial charge in [-0.25, -0.2) is 4.79 Å². The van der Waals surface area contributed by atoms with Crippen molar-refractivity contribution in [1.82, 2.24) is 0 Å². The van der Waals surface area contributed by atoms with Crippen molar-refractivity contribution in [1.29, 1.82) is 0 Å². The highest BCUT2D eigenvalue weighted by molar-refractivity contribution is 5.96. The molecule has 0 amide bonds. The highest BCUT2D eigenvalue weighted by Gasteiger charge is 2.19. The molecule has 0 radical (unpaired) electrons. The van der Waals surface area contributed by atoms with Gasteiger partial charge in [-0.2, -0.15) is 0 Å². The van der Waals surface area contributed by atoms with Crippen LogP contribution in [0.15, 0.2) is 18.2 Å². The molecular formula is C14H19NO2. The van der Waals surface area contributed by atoms with Crippen LogP contribution in [0.25, 0.3) is 0 Å². The second kappa shape index (κ2) is 5.21. The summed E-state index contributed by atoms with van der Waals surface area (Å²) in [6, 6.07) is 5.46. The highest BCUT2D eigenvalue weighted by atomic mass is 16.5. The number of anilines is 1. The molecule has 0 atom stereocenters. The molecule has 0 saturated heterocycles. The Balaban J connectivity index is 1.99. The van der Waals surface area contributed by atoms with E-state index < -0.39 is 0 Å². The van der Waals surface area contributed by atoms with Crippen LogP contribution in [0.3, 0.4) is 0 Å². The average Bonchev–Trinajstić information content (AvgIpc) is 2.79. The van der Waals surface area contributed by atoms with E-state index in [4.69, 9.17) is 10.5 Å². The summed E-state index contributed by atoms with van der Waals surface area (Å²) < 4.78 is 5.35. The Kier molecular flexibility index (Phi) is 3.67. The molecule has 1 fully saturated rings. The lowest BCUT2D eigenvalue weighted by Gasteiger charge is -2.12. The molecule has 3 nitrogen and oxygen atoms in total. The first-order valence-electron chi connectivity index (χ1n) is 6.20. The standard InChI is InChI=1S/C14H19NO2/c1-10-5-4-8-12(15)13(10)14(16)17-9-11-6-2-3-7-11/h4-5,8,11H,2-3,6-7,9,15H2,1H3. The first kappa shape index (κ1) is 12.0. The van der Waals surface area contributed by atoms with Gasteiger partial charge in [0.1, 0.15) is 0 Å². The Labute approximate surface area is 102 Å². The SMILES string of the molecule is Cc1cccc(N)c1C(=O)OCC1CCCC1. The summed E-state index contributed by atoms with van der Waals surface area (Å²) >= 11 is 0. The molecule has 1 aromatic carbocycles. The van der Waals surface area contributed by atoms with Crippen LogP contribution < -0.4 is 5.73 Å². The van der Waals surface area contributed by atoms with Gasteiger partial charge in [0.15, 0.2) is 0 Å². The summed E-state index contributed by atoms with van der Waals surface area (Å²) in [5.41, 5.74) is 7.70. The van der Waals surface area contributed by atoms with Crippen molar-refractivity contribution in [3.05, 3.63) is 29.3 Å². The van der Waals surface area contributed by atoms with Gasteiger partial charge in [0.25, 0.3) is 0 Å². The molecule has 0 aliphatic heterocycles. The van der Waals surface area contributed by atoms with Crippen molar-refractivity contribution in [3.63, 3.8) is 0 Å². The molecule has 1 aliphatic carbocycles. The zero-order valence-electron chi connectivity index (χ0n) is 10.2. The van der Waals surface area contributed by atoms with Crippen molar-refractivity contribution in [3.8, 4) is 0 Å². The van der Waals surface area contributed by atoms with Gasteiger partial charge in [-0.3, -0.25) is 0 Å². The fraction of sp³-hybridized carbons (Fsp3) is 0.500. The zero-order valence-corrected chi connectivity index (χ0v) is 10.2. The minimum Gasteiger partial charge on any atom is -0.462 e. The normalized spacial score (nSPS) is 16.1. The summed E-state index contributed by atoms with van der Waals surface area (Å²) in [6.07, 6.45) is 4.87. The lowest BCUT2D eigenvalue weighted by atomic mass is 10.1. The van der Waals surface area contributed by atoms with Gasteiger partial charge in [0.2, 0.25) is 0 Å².